The van der Waals surface area contributed by atoms with E-state index in [4.69, 9.17) is 14.2 Å². The standard InChI is InChI=1S/C20H24N4O3S/c1-13-4-5-14(2)18-17(13)21-20(28-18)24(7-6-23-8-10-26-11-9-23)19(25)16-12-15(3)22-27-16/h4-5,12H,6-11H2,1-3H3. The third kappa shape index (κ3) is 3.80. The number of morpholine rings is 1. The number of hydrogen-bond donors (Lipinski definition) is 0. The largest absolute Gasteiger partial charge is 0.379 e. The molecule has 148 valence electrons. The molecule has 0 aliphatic carbocycles. The second kappa shape index (κ2) is 7.98. The van der Waals surface area contributed by atoms with E-state index in [2.05, 4.69) is 29.1 Å². The van der Waals surface area contributed by atoms with Crippen LogP contribution in [-0.2, 0) is 4.74 Å². The molecule has 4 rings (SSSR count). The molecule has 1 aliphatic rings. The van der Waals surface area contributed by atoms with E-state index in [1.807, 2.05) is 13.8 Å². The van der Waals surface area contributed by atoms with Crippen molar-refractivity contribution in [1.82, 2.24) is 15.0 Å². The Morgan fingerprint density at radius 3 is 2.64 bits per heavy atom. The molecule has 1 fully saturated rings. The van der Waals surface area contributed by atoms with Crippen LogP contribution in [0.25, 0.3) is 10.2 Å². The maximum absolute atomic E-state index is 13.2. The highest BCUT2D eigenvalue weighted by Crippen LogP contribution is 2.33. The Balaban J connectivity index is 1.66. The highest BCUT2D eigenvalue weighted by Gasteiger charge is 2.26. The zero-order chi connectivity index (χ0) is 19.7. The fourth-order valence-corrected chi connectivity index (χ4v) is 4.45. The van der Waals surface area contributed by atoms with E-state index in [1.54, 1.807) is 22.3 Å². The summed E-state index contributed by atoms with van der Waals surface area (Å²) in [4.78, 5) is 22.0. The van der Waals surface area contributed by atoms with Gasteiger partial charge in [0.2, 0.25) is 5.76 Å². The minimum absolute atomic E-state index is 0.205. The fourth-order valence-electron chi connectivity index (χ4n) is 3.31. The van der Waals surface area contributed by atoms with E-state index in [9.17, 15) is 4.79 Å². The molecule has 0 radical (unpaired) electrons. The van der Waals surface area contributed by atoms with E-state index >= 15 is 0 Å². The molecule has 1 amide bonds. The van der Waals surface area contributed by atoms with Crippen LogP contribution < -0.4 is 4.90 Å². The number of amides is 1. The number of nitrogens with zero attached hydrogens (tertiary/aromatic N) is 4. The molecule has 0 bridgehead atoms. The first-order valence-electron chi connectivity index (χ1n) is 9.45. The molecule has 1 saturated heterocycles. The summed E-state index contributed by atoms with van der Waals surface area (Å²) in [6.45, 7) is 10.4. The van der Waals surface area contributed by atoms with Crippen LogP contribution in [0.5, 0.6) is 0 Å². The molecule has 0 N–H and O–H groups in total. The second-order valence-electron chi connectivity index (χ2n) is 7.12. The summed E-state index contributed by atoms with van der Waals surface area (Å²) in [7, 11) is 0. The summed E-state index contributed by atoms with van der Waals surface area (Å²) in [6.07, 6.45) is 0. The molecule has 0 atom stereocenters. The Morgan fingerprint density at radius 2 is 1.96 bits per heavy atom. The van der Waals surface area contributed by atoms with E-state index in [1.165, 1.54) is 5.56 Å². The highest BCUT2D eigenvalue weighted by atomic mass is 32.1. The van der Waals surface area contributed by atoms with Crippen molar-refractivity contribution >= 4 is 32.6 Å². The minimum Gasteiger partial charge on any atom is -0.379 e. The summed E-state index contributed by atoms with van der Waals surface area (Å²) in [5, 5.41) is 4.56. The first-order chi connectivity index (χ1) is 13.5. The van der Waals surface area contributed by atoms with Crippen LogP contribution in [0.15, 0.2) is 22.7 Å². The van der Waals surface area contributed by atoms with Crippen molar-refractivity contribution in [3.8, 4) is 0 Å². The van der Waals surface area contributed by atoms with Gasteiger partial charge in [0, 0.05) is 32.2 Å². The predicted octanol–water partition coefficient (Wildman–Crippen LogP) is 3.19. The summed E-state index contributed by atoms with van der Waals surface area (Å²) < 4.78 is 11.8. The molecule has 7 nitrogen and oxygen atoms in total. The smallest absolute Gasteiger partial charge is 0.298 e. The van der Waals surface area contributed by atoms with E-state index < -0.39 is 0 Å². The maximum atomic E-state index is 13.2. The average molecular weight is 401 g/mol. The summed E-state index contributed by atoms with van der Waals surface area (Å²) >= 11 is 1.55. The van der Waals surface area contributed by atoms with Gasteiger partial charge < -0.3 is 9.26 Å². The Hall–Kier alpha value is -2.29. The molecule has 1 aliphatic heterocycles. The number of carbonyl (C=O) groups is 1. The van der Waals surface area contributed by atoms with Crippen LogP contribution in [0.1, 0.15) is 27.4 Å². The predicted molar refractivity (Wildman–Crippen MR) is 109 cm³/mol. The van der Waals surface area contributed by atoms with Crippen molar-refractivity contribution in [1.29, 1.82) is 0 Å². The molecule has 0 saturated carbocycles. The minimum atomic E-state index is -0.205. The van der Waals surface area contributed by atoms with Gasteiger partial charge in [0.1, 0.15) is 0 Å². The summed E-state index contributed by atoms with van der Waals surface area (Å²) in [6, 6.07) is 5.84. The quantitative estimate of drug-likeness (QED) is 0.655. The lowest BCUT2D eigenvalue weighted by Crippen LogP contribution is -2.43. The van der Waals surface area contributed by atoms with E-state index in [0.29, 0.717) is 17.4 Å². The van der Waals surface area contributed by atoms with Gasteiger partial charge >= 0.3 is 0 Å². The molecular formula is C20H24N4O3S. The average Bonchev–Trinajstić information content (AvgIpc) is 3.33. The lowest BCUT2D eigenvalue weighted by molar-refractivity contribution is 0.0390. The van der Waals surface area contributed by atoms with Gasteiger partial charge in [-0.2, -0.15) is 0 Å². The third-order valence-electron chi connectivity index (χ3n) is 4.99. The van der Waals surface area contributed by atoms with Crippen molar-refractivity contribution in [3.05, 3.63) is 40.8 Å². The highest BCUT2D eigenvalue weighted by molar-refractivity contribution is 7.22. The molecule has 2 aromatic heterocycles. The van der Waals surface area contributed by atoms with Gasteiger partial charge in [-0.15, -0.1) is 0 Å². The van der Waals surface area contributed by atoms with Gasteiger partial charge in [0.05, 0.1) is 29.1 Å². The molecule has 0 unspecified atom stereocenters. The van der Waals surface area contributed by atoms with E-state index in [-0.39, 0.29) is 11.7 Å². The van der Waals surface area contributed by atoms with Crippen molar-refractivity contribution < 1.29 is 14.1 Å². The van der Waals surface area contributed by atoms with Gasteiger partial charge in [-0.3, -0.25) is 14.6 Å². The number of rotatable bonds is 5. The lowest BCUT2D eigenvalue weighted by Gasteiger charge is -2.28. The monoisotopic (exact) mass is 400 g/mol. The zero-order valence-electron chi connectivity index (χ0n) is 16.4. The molecule has 0 spiro atoms. The van der Waals surface area contributed by atoms with Crippen molar-refractivity contribution in [3.63, 3.8) is 0 Å². The molecular weight excluding hydrogens is 376 g/mol. The molecule has 28 heavy (non-hydrogen) atoms. The molecule has 3 aromatic rings. The number of hydrogen-bond acceptors (Lipinski definition) is 7. The van der Waals surface area contributed by atoms with Gasteiger partial charge in [-0.05, 0) is 31.9 Å². The van der Waals surface area contributed by atoms with Gasteiger partial charge in [-0.1, -0.05) is 28.6 Å². The fraction of sp³-hybridized carbons (Fsp3) is 0.450. The molecule has 3 heterocycles. The first-order valence-corrected chi connectivity index (χ1v) is 10.3. The Morgan fingerprint density at radius 1 is 1.21 bits per heavy atom. The van der Waals surface area contributed by atoms with Crippen LogP contribution in [0.4, 0.5) is 5.13 Å². The van der Waals surface area contributed by atoms with Crippen LogP contribution >= 0.6 is 11.3 Å². The van der Waals surface area contributed by atoms with Crippen LogP contribution in [0.2, 0.25) is 0 Å². The van der Waals surface area contributed by atoms with Gasteiger partial charge in [0.15, 0.2) is 5.13 Å². The zero-order valence-corrected chi connectivity index (χ0v) is 17.2. The van der Waals surface area contributed by atoms with Crippen molar-refractivity contribution in [2.75, 3.05) is 44.3 Å². The summed E-state index contributed by atoms with van der Waals surface area (Å²) in [5.41, 5.74) is 3.92. The van der Waals surface area contributed by atoms with E-state index in [0.717, 1.165) is 48.6 Å². The Labute approximate surface area is 167 Å². The first kappa shape index (κ1) is 19.0. The van der Waals surface area contributed by atoms with Gasteiger partial charge in [-0.25, -0.2) is 4.98 Å². The normalized spacial score (nSPS) is 15.2. The molecule has 8 heteroatoms. The number of aryl methyl sites for hydroxylation is 3. The second-order valence-corrected chi connectivity index (χ2v) is 8.09. The van der Waals surface area contributed by atoms with Gasteiger partial charge in [0.25, 0.3) is 5.91 Å². The number of aromatic nitrogens is 2. The summed E-state index contributed by atoms with van der Waals surface area (Å²) in [5.74, 6) is 0.0374. The number of ether oxygens (including phenoxy) is 1. The number of thiazole rings is 1. The van der Waals surface area contributed by atoms with Crippen molar-refractivity contribution in [2.24, 2.45) is 0 Å². The third-order valence-corrected chi connectivity index (χ3v) is 6.20. The number of carbonyl (C=O) groups excluding carboxylic acids is 1. The van der Waals surface area contributed by atoms with Crippen LogP contribution in [0.3, 0.4) is 0 Å². The lowest BCUT2D eigenvalue weighted by atomic mass is 10.1. The topological polar surface area (TPSA) is 71.7 Å². The van der Waals surface area contributed by atoms with Crippen LogP contribution in [0, 0.1) is 20.8 Å². The maximum Gasteiger partial charge on any atom is 0.298 e. The SMILES string of the molecule is Cc1cc(C(=O)N(CCN2CCOCC2)c2nc3c(C)ccc(C)c3s2)on1. The number of anilines is 1. The number of fused-ring (bicyclic) bond motifs is 1. The Bertz CT molecular complexity index is 952. The number of benzene rings is 1. The molecule has 1 aromatic carbocycles. The Kier molecular flexibility index (Phi) is 5.43. The van der Waals surface area contributed by atoms with Crippen molar-refractivity contribution in [2.45, 2.75) is 20.8 Å². The van der Waals surface area contributed by atoms with Crippen LogP contribution in [-0.4, -0.2) is 60.3 Å².